The Morgan fingerprint density at radius 3 is 2.38 bits per heavy atom. The van der Waals surface area contributed by atoms with E-state index in [9.17, 15) is 0 Å². The minimum absolute atomic E-state index is 0.995. The topological polar surface area (TPSA) is 3.24 Å². The lowest BCUT2D eigenvalue weighted by Crippen LogP contribution is -2.32. The Hall–Kier alpha value is -1.39. The summed E-state index contributed by atoms with van der Waals surface area (Å²) in [6.45, 7) is 3.78. The van der Waals surface area contributed by atoms with Gasteiger partial charge in [0.2, 0.25) is 0 Å². The molecule has 1 saturated carbocycles. The van der Waals surface area contributed by atoms with E-state index in [1.165, 1.54) is 76.7 Å². The van der Waals surface area contributed by atoms with Crippen molar-refractivity contribution in [3.8, 4) is 0 Å². The third-order valence-corrected chi connectivity index (χ3v) is 6.65. The maximum atomic E-state index is 2.69. The zero-order valence-electron chi connectivity index (χ0n) is 15.0. The number of rotatable bonds is 2. The van der Waals surface area contributed by atoms with Gasteiger partial charge in [-0.05, 0) is 94.2 Å². The number of piperidine rings is 1. The lowest BCUT2D eigenvalue weighted by Gasteiger charge is -2.30. The molecule has 1 nitrogen and oxygen atoms in total. The average Bonchev–Trinajstić information content (AvgIpc) is 3.48. The predicted octanol–water partition coefficient (Wildman–Crippen LogP) is 6.08. The van der Waals surface area contributed by atoms with Crippen LogP contribution < -0.4 is 0 Å². The van der Waals surface area contributed by atoms with Crippen LogP contribution in [0.4, 0.5) is 0 Å². The van der Waals surface area contributed by atoms with Crippen molar-refractivity contribution in [3.05, 3.63) is 73.9 Å². The monoisotopic (exact) mass is 453 g/mol. The van der Waals surface area contributed by atoms with Crippen LogP contribution in [-0.4, -0.2) is 24.5 Å². The zero-order chi connectivity index (χ0) is 17.5. The SMILES string of the molecule is Ic1ccc2c(c1)C(=C1CCN(CC3CC3)CC1)c1ccccc1C=C2. The average molecular weight is 453 g/mol. The normalized spacial score (nSPS) is 19.9. The van der Waals surface area contributed by atoms with Crippen molar-refractivity contribution in [2.45, 2.75) is 25.7 Å². The minimum Gasteiger partial charge on any atom is -0.302 e. The van der Waals surface area contributed by atoms with Crippen molar-refractivity contribution in [2.24, 2.45) is 5.92 Å². The van der Waals surface area contributed by atoms with Crippen LogP contribution in [0.1, 0.15) is 47.9 Å². The van der Waals surface area contributed by atoms with E-state index < -0.39 is 0 Å². The molecular formula is C24H24IN. The van der Waals surface area contributed by atoms with Crippen LogP contribution in [0.2, 0.25) is 0 Å². The quantitative estimate of drug-likeness (QED) is 0.425. The first-order valence-electron chi connectivity index (χ1n) is 9.80. The fourth-order valence-corrected chi connectivity index (χ4v) is 4.88. The standard InChI is InChI=1S/C24H24IN/c25-21-10-9-19-8-7-18-3-1-2-4-22(18)24(23(19)15-21)20-11-13-26(14-12-20)16-17-5-6-17/h1-4,7-10,15,17H,5-6,11-14,16H2. The first kappa shape index (κ1) is 16.8. The summed E-state index contributed by atoms with van der Waals surface area (Å²) in [6.07, 6.45) is 9.91. The fourth-order valence-electron chi connectivity index (χ4n) is 4.39. The Kier molecular flexibility index (Phi) is 4.49. The van der Waals surface area contributed by atoms with E-state index in [-0.39, 0.29) is 0 Å². The molecule has 1 saturated heterocycles. The highest BCUT2D eigenvalue weighted by molar-refractivity contribution is 14.1. The summed E-state index contributed by atoms with van der Waals surface area (Å²) >= 11 is 2.45. The molecule has 2 aromatic rings. The number of hydrogen-bond donors (Lipinski definition) is 0. The molecule has 0 amide bonds. The van der Waals surface area contributed by atoms with Crippen molar-refractivity contribution in [1.29, 1.82) is 0 Å². The van der Waals surface area contributed by atoms with Crippen LogP contribution in [0.25, 0.3) is 17.7 Å². The van der Waals surface area contributed by atoms with E-state index >= 15 is 0 Å². The number of likely N-dealkylation sites (tertiary alicyclic amines) is 1. The molecule has 5 rings (SSSR count). The maximum absolute atomic E-state index is 2.69. The predicted molar refractivity (Wildman–Crippen MR) is 119 cm³/mol. The first-order chi connectivity index (χ1) is 12.8. The van der Waals surface area contributed by atoms with Gasteiger partial charge in [0.15, 0.2) is 0 Å². The van der Waals surface area contributed by atoms with E-state index in [2.05, 4.69) is 82.1 Å². The van der Waals surface area contributed by atoms with Crippen LogP contribution >= 0.6 is 22.6 Å². The second-order valence-electron chi connectivity index (χ2n) is 7.87. The number of halogens is 1. The van der Waals surface area contributed by atoms with Gasteiger partial charge in [-0.2, -0.15) is 0 Å². The Bertz CT molecular complexity index is 894. The lowest BCUT2D eigenvalue weighted by atomic mass is 9.86. The van der Waals surface area contributed by atoms with Gasteiger partial charge in [0.25, 0.3) is 0 Å². The molecule has 0 atom stereocenters. The van der Waals surface area contributed by atoms with Gasteiger partial charge in [0.1, 0.15) is 0 Å². The van der Waals surface area contributed by atoms with Crippen molar-refractivity contribution < 1.29 is 0 Å². The molecule has 26 heavy (non-hydrogen) atoms. The van der Waals surface area contributed by atoms with Crippen molar-refractivity contribution in [2.75, 3.05) is 19.6 Å². The van der Waals surface area contributed by atoms with Gasteiger partial charge in [0, 0.05) is 23.2 Å². The molecule has 1 aliphatic heterocycles. The molecule has 0 unspecified atom stereocenters. The molecule has 0 radical (unpaired) electrons. The van der Waals surface area contributed by atoms with Crippen molar-refractivity contribution in [3.63, 3.8) is 0 Å². The summed E-state index contributed by atoms with van der Waals surface area (Å²) in [7, 11) is 0. The van der Waals surface area contributed by atoms with Crippen molar-refractivity contribution >= 4 is 40.3 Å². The summed E-state index contributed by atoms with van der Waals surface area (Å²) in [5, 5.41) is 0. The van der Waals surface area contributed by atoms with Gasteiger partial charge in [-0.1, -0.05) is 48.1 Å². The molecule has 2 heteroatoms. The first-order valence-corrected chi connectivity index (χ1v) is 10.9. The summed E-state index contributed by atoms with van der Waals surface area (Å²) < 4.78 is 1.32. The van der Waals surface area contributed by atoms with Crippen molar-refractivity contribution in [1.82, 2.24) is 4.90 Å². The number of fused-ring (bicyclic) bond motifs is 2. The third kappa shape index (κ3) is 3.29. The Morgan fingerprint density at radius 2 is 1.62 bits per heavy atom. The van der Waals surface area contributed by atoms with E-state index in [1.54, 1.807) is 5.57 Å². The van der Waals surface area contributed by atoms with E-state index in [0.717, 1.165) is 5.92 Å². The summed E-state index contributed by atoms with van der Waals surface area (Å²) in [5.41, 5.74) is 8.69. The minimum atomic E-state index is 0.995. The van der Waals surface area contributed by atoms with Crippen LogP contribution in [0.3, 0.4) is 0 Å². The highest BCUT2D eigenvalue weighted by Gasteiger charge is 2.27. The van der Waals surface area contributed by atoms with E-state index in [1.807, 2.05) is 0 Å². The van der Waals surface area contributed by atoms with Crippen LogP contribution in [-0.2, 0) is 0 Å². The van der Waals surface area contributed by atoms with Crippen LogP contribution in [0.15, 0.2) is 48.0 Å². The number of hydrogen-bond acceptors (Lipinski definition) is 1. The number of benzene rings is 2. The summed E-state index contributed by atoms with van der Waals surface area (Å²) in [6, 6.07) is 15.8. The van der Waals surface area contributed by atoms with Gasteiger partial charge in [-0.15, -0.1) is 0 Å². The largest absolute Gasteiger partial charge is 0.302 e. The molecule has 0 bridgehead atoms. The molecule has 0 N–H and O–H groups in total. The van der Waals surface area contributed by atoms with Gasteiger partial charge in [-0.3, -0.25) is 0 Å². The summed E-state index contributed by atoms with van der Waals surface area (Å²) in [5.74, 6) is 0.995. The molecule has 2 aromatic carbocycles. The summed E-state index contributed by atoms with van der Waals surface area (Å²) in [4.78, 5) is 2.69. The zero-order valence-corrected chi connectivity index (χ0v) is 17.2. The molecule has 132 valence electrons. The molecule has 2 aliphatic carbocycles. The Balaban J connectivity index is 1.58. The molecular weight excluding hydrogens is 429 g/mol. The molecule has 2 fully saturated rings. The van der Waals surface area contributed by atoms with E-state index in [4.69, 9.17) is 0 Å². The highest BCUT2D eigenvalue weighted by atomic mass is 127. The fraction of sp³-hybridized carbons (Fsp3) is 0.333. The third-order valence-electron chi connectivity index (χ3n) is 5.98. The van der Waals surface area contributed by atoms with Gasteiger partial charge < -0.3 is 4.90 Å². The lowest BCUT2D eigenvalue weighted by molar-refractivity contribution is 0.247. The highest BCUT2D eigenvalue weighted by Crippen LogP contribution is 2.40. The smallest absolute Gasteiger partial charge is 0.0136 e. The molecule has 0 aromatic heterocycles. The molecule has 3 aliphatic rings. The van der Waals surface area contributed by atoms with E-state index in [0.29, 0.717) is 0 Å². The number of nitrogens with zero attached hydrogens (tertiary/aromatic N) is 1. The van der Waals surface area contributed by atoms with Crippen LogP contribution in [0, 0.1) is 9.49 Å². The second-order valence-corrected chi connectivity index (χ2v) is 9.12. The van der Waals surface area contributed by atoms with Gasteiger partial charge >= 0.3 is 0 Å². The molecule has 0 spiro atoms. The molecule has 1 heterocycles. The van der Waals surface area contributed by atoms with Gasteiger partial charge in [-0.25, -0.2) is 0 Å². The van der Waals surface area contributed by atoms with Gasteiger partial charge in [0.05, 0.1) is 0 Å². The van der Waals surface area contributed by atoms with Crippen LogP contribution in [0.5, 0.6) is 0 Å². The maximum Gasteiger partial charge on any atom is 0.0136 e. The second kappa shape index (κ2) is 6.97. The Labute approximate surface area is 169 Å². The Morgan fingerprint density at radius 1 is 0.885 bits per heavy atom.